The van der Waals surface area contributed by atoms with Gasteiger partial charge in [0.2, 0.25) is 0 Å². The Morgan fingerprint density at radius 3 is 2.50 bits per heavy atom. The molecule has 7 heteroatoms. The van der Waals surface area contributed by atoms with E-state index < -0.39 is 5.91 Å². The molecule has 0 saturated carbocycles. The molecule has 3 rings (SSSR count). The number of rotatable bonds is 6. The fraction of sp³-hybridized carbons (Fsp3) is 0.0435. The lowest BCUT2D eigenvalue weighted by Gasteiger charge is -2.10. The van der Waals surface area contributed by atoms with E-state index in [2.05, 4.69) is 27.9 Å². The molecule has 0 atom stereocenters. The van der Waals surface area contributed by atoms with Crippen LogP contribution in [0.15, 0.2) is 72.3 Å². The standard InChI is InChI=1S/C23H15Cl2IN2O2/c24-18-6-8-19(9-7-18)28-23(29)17(13-27)11-15-5-10-22(21(26)12-15)30-14-16-3-1-2-4-20(16)25/h1-12H,14H2,(H,28,29)/b17-11-. The Morgan fingerprint density at radius 2 is 1.83 bits per heavy atom. The molecule has 1 N–H and O–H groups in total. The molecular weight excluding hydrogens is 534 g/mol. The molecule has 0 fully saturated rings. The van der Waals surface area contributed by atoms with Crippen LogP contribution in [0.25, 0.3) is 6.08 Å². The van der Waals surface area contributed by atoms with Crippen molar-refractivity contribution in [3.8, 4) is 11.8 Å². The number of amides is 1. The summed E-state index contributed by atoms with van der Waals surface area (Å²) in [4.78, 5) is 12.4. The van der Waals surface area contributed by atoms with Crippen molar-refractivity contribution in [1.82, 2.24) is 0 Å². The number of anilines is 1. The molecule has 0 unspecified atom stereocenters. The number of nitrogens with zero attached hydrogens (tertiary/aromatic N) is 1. The number of nitrogens with one attached hydrogen (secondary N) is 1. The first-order valence-electron chi connectivity index (χ1n) is 8.81. The van der Waals surface area contributed by atoms with E-state index in [9.17, 15) is 10.1 Å². The average Bonchev–Trinajstić information content (AvgIpc) is 2.74. The van der Waals surface area contributed by atoms with E-state index in [1.54, 1.807) is 36.4 Å². The van der Waals surface area contributed by atoms with Gasteiger partial charge in [0.1, 0.15) is 24.0 Å². The molecule has 0 spiro atoms. The first-order valence-corrected chi connectivity index (χ1v) is 10.6. The molecular formula is C23H15Cl2IN2O2. The van der Waals surface area contributed by atoms with Gasteiger partial charge < -0.3 is 10.1 Å². The van der Waals surface area contributed by atoms with Crippen LogP contribution >= 0.6 is 45.8 Å². The largest absolute Gasteiger partial charge is 0.488 e. The Kier molecular flexibility index (Phi) is 7.75. The summed E-state index contributed by atoms with van der Waals surface area (Å²) in [5.41, 5.74) is 2.16. The summed E-state index contributed by atoms with van der Waals surface area (Å²) < 4.78 is 6.71. The van der Waals surface area contributed by atoms with E-state index in [1.807, 2.05) is 36.4 Å². The maximum absolute atomic E-state index is 12.4. The molecule has 3 aromatic rings. The third kappa shape index (κ3) is 5.99. The summed E-state index contributed by atoms with van der Waals surface area (Å²) in [5, 5.41) is 13.3. The van der Waals surface area contributed by atoms with Gasteiger partial charge >= 0.3 is 0 Å². The van der Waals surface area contributed by atoms with Crippen LogP contribution < -0.4 is 10.1 Å². The third-order valence-corrected chi connectivity index (χ3v) is 5.54. The summed E-state index contributed by atoms with van der Waals surface area (Å²) in [6.07, 6.45) is 1.53. The van der Waals surface area contributed by atoms with Gasteiger partial charge in [-0.2, -0.15) is 5.26 Å². The number of carbonyl (C=O) groups is 1. The quantitative estimate of drug-likeness (QED) is 0.211. The third-order valence-electron chi connectivity index (χ3n) is 4.08. The molecule has 30 heavy (non-hydrogen) atoms. The molecule has 0 aliphatic rings. The Morgan fingerprint density at radius 1 is 1.10 bits per heavy atom. The highest BCUT2D eigenvalue weighted by Crippen LogP contribution is 2.26. The molecule has 0 saturated heterocycles. The van der Waals surface area contributed by atoms with Gasteiger partial charge in [-0.1, -0.05) is 47.5 Å². The number of hydrogen-bond acceptors (Lipinski definition) is 3. The molecule has 0 radical (unpaired) electrons. The second-order valence-corrected chi connectivity index (χ2v) is 8.21. The topological polar surface area (TPSA) is 62.1 Å². The van der Waals surface area contributed by atoms with E-state index in [0.29, 0.717) is 33.7 Å². The van der Waals surface area contributed by atoms with Crippen LogP contribution in [-0.2, 0) is 11.4 Å². The number of halogens is 3. The van der Waals surface area contributed by atoms with E-state index in [1.165, 1.54) is 6.08 Å². The SMILES string of the molecule is N#C/C(=C/c1ccc(OCc2ccccc2Cl)c(I)c1)C(=O)Nc1ccc(Cl)cc1. The lowest BCUT2D eigenvalue weighted by Crippen LogP contribution is -2.13. The number of benzene rings is 3. The summed E-state index contributed by atoms with van der Waals surface area (Å²) in [5.74, 6) is 0.200. The fourth-order valence-corrected chi connectivity index (χ4v) is 3.55. The molecule has 0 heterocycles. The van der Waals surface area contributed by atoms with Crippen molar-refractivity contribution in [1.29, 1.82) is 5.26 Å². The van der Waals surface area contributed by atoms with E-state index >= 15 is 0 Å². The van der Waals surface area contributed by atoms with Crippen molar-refractivity contribution in [2.45, 2.75) is 6.61 Å². The number of nitriles is 1. The molecule has 0 aliphatic heterocycles. The second-order valence-electron chi connectivity index (χ2n) is 6.20. The smallest absolute Gasteiger partial charge is 0.266 e. The van der Waals surface area contributed by atoms with E-state index in [4.69, 9.17) is 27.9 Å². The van der Waals surface area contributed by atoms with Gasteiger partial charge in [0.05, 0.1) is 3.57 Å². The maximum atomic E-state index is 12.4. The van der Waals surface area contributed by atoms with Crippen molar-refractivity contribution in [2.75, 3.05) is 5.32 Å². The molecule has 1 amide bonds. The highest BCUT2D eigenvalue weighted by atomic mass is 127. The van der Waals surface area contributed by atoms with Gasteiger partial charge in [0.15, 0.2) is 0 Å². The van der Waals surface area contributed by atoms with Gasteiger partial charge in [-0.05, 0) is 76.7 Å². The lowest BCUT2D eigenvalue weighted by atomic mass is 10.1. The molecule has 0 aliphatic carbocycles. The summed E-state index contributed by atoms with van der Waals surface area (Å²) >= 11 is 14.2. The van der Waals surface area contributed by atoms with Crippen LogP contribution in [0.5, 0.6) is 5.75 Å². The first kappa shape index (κ1) is 22.2. The second kappa shape index (κ2) is 10.5. The molecule has 3 aromatic carbocycles. The normalized spacial score (nSPS) is 10.9. The van der Waals surface area contributed by atoms with Crippen molar-refractivity contribution in [3.05, 3.63) is 97.0 Å². The number of hydrogen-bond donors (Lipinski definition) is 1. The van der Waals surface area contributed by atoms with Gasteiger partial charge in [-0.15, -0.1) is 0 Å². The first-order chi connectivity index (χ1) is 14.5. The average molecular weight is 549 g/mol. The zero-order valence-electron chi connectivity index (χ0n) is 15.5. The van der Waals surface area contributed by atoms with E-state index in [0.717, 1.165) is 9.13 Å². The van der Waals surface area contributed by atoms with E-state index in [-0.39, 0.29) is 5.57 Å². The molecule has 150 valence electrons. The van der Waals surface area contributed by atoms with Crippen LogP contribution in [0.2, 0.25) is 10.0 Å². The maximum Gasteiger partial charge on any atom is 0.266 e. The number of ether oxygens (including phenoxy) is 1. The van der Waals surface area contributed by atoms with Gasteiger partial charge in [-0.25, -0.2) is 0 Å². The van der Waals surface area contributed by atoms with Crippen molar-refractivity contribution >= 4 is 63.5 Å². The minimum Gasteiger partial charge on any atom is -0.488 e. The van der Waals surface area contributed by atoms with Crippen LogP contribution in [0, 0.1) is 14.9 Å². The van der Waals surface area contributed by atoms with Gasteiger partial charge in [0, 0.05) is 21.3 Å². The monoisotopic (exact) mass is 548 g/mol. The number of carbonyl (C=O) groups excluding carboxylic acids is 1. The van der Waals surface area contributed by atoms with Crippen molar-refractivity contribution < 1.29 is 9.53 Å². The zero-order chi connectivity index (χ0) is 21.5. The molecule has 0 bridgehead atoms. The van der Waals surface area contributed by atoms with Gasteiger partial charge in [0.25, 0.3) is 5.91 Å². The van der Waals surface area contributed by atoms with Crippen LogP contribution in [0.3, 0.4) is 0 Å². The molecule has 0 aromatic heterocycles. The lowest BCUT2D eigenvalue weighted by molar-refractivity contribution is -0.112. The van der Waals surface area contributed by atoms with Crippen LogP contribution in [0.4, 0.5) is 5.69 Å². The predicted octanol–water partition coefficient (Wildman–Crippen LogP) is 6.72. The Balaban J connectivity index is 1.71. The highest BCUT2D eigenvalue weighted by molar-refractivity contribution is 14.1. The summed E-state index contributed by atoms with van der Waals surface area (Å²) in [6, 6.07) is 21.5. The fourth-order valence-electron chi connectivity index (χ4n) is 2.54. The Labute approximate surface area is 198 Å². The van der Waals surface area contributed by atoms with Crippen LogP contribution in [-0.4, -0.2) is 5.91 Å². The molecule has 4 nitrogen and oxygen atoms in total. The Hall–Kier alpha value is -2.53. The predicted molar refractivity (Wildman–Crippen MR) is 129 cm³/mol. The minimum atomic E-state index is -0.492. The highest BCUT2D eigenvalue weighted by Gasteiger charge is 2.11. The van der Waals surface area contributed by atoms with Crippen LogP contribution in [0.1, 0.15) is 11.1 Å². The zero-order valence-corrected chi connectivity index (χ0v) is 19.2. The minimum absolute atomic E-state index is 0.00881. The summed E-state index contributed by atoms with van der Waals surface area (Å²) in [6.45, 7) is 0.345. The van der Waals surface area contributed by atoms with Gasteiger partial charge in [-0.3, -0.25) is 4.79 Å². The van der Waals surface area contributed by atoms with Crippen molar-refractivity contribution in [2.24, 2.45) is 0 Å². The summed E-state index contributed by atoms with van der Waals surface area (Å²) in [7, 11) is 0. The van der Waals surface area contributed by atoms with Crippen molar-refractivity contribution in [3.63, 3.8) is 0 Å². The Bertz CT molecular complexity index is 1140.